The number of fused-ring (bicyclic) bond motifs is 2. The first-order valence-corrected chi connectivity index (χ1v) is 10.4. The molecule has 0 saturated heterocycles. The Morgan fingerprint density at radius 2 is 1.75 bits per heavy atom. The van der Waals surface area contributed by atoms with Gasteiger partial charge in [0, 0.05) is 13.7 Å². The molecule has 166 valence electrons. The minimum Gasteiger partial charge on any atom is -0.497 e. The summed E-state index contributed by atoms with van der Waals surface area (Å²) in [5.74, 6) is 0.551. The fraction of sp³-hybridized carbons (Fsp3) is 0.292. The number of benzene rings is 2. The smallest absolute Gasteiger partial charge is 0.344 e. The summed E-state index contributed by atoms with van der Waals surface area (Å²) in [4.78, 5) is 22.5. The molecule has 0 fully saturated rings. The first kappa shape index (κ1) is 21.6. The molecule has 0 radical (unpaired) electrons. The molecule has 8 heteroatoms. The highest BCUT2D eigenvalue weighted by Gasteiger charge is 2.26. The van der Waals surface area contributed by atoms with Crippen LogP contribution in [0.4, 0.5) is 5.82 Å². The van der Waals surface area contributed by atoms with Crippen LogP contribution in [0.25, 0.3) is 22.2 Å². The molecule has 2 aromatic heterocycles. The summed E-state index contributed by atoms with van der Waals surface area (Å²) >= 11 is 0. The van der Waals surface area contributed by atoms with Gasteiger partial charge in [0.1, 0.15) is 28.8 Å². The maximum Gasteiger partial charge on any atom is 0.344 e. The van der Waals surface area contributed by atoms with Crippen LogP contribution in [0.15, 0.2) is 48.5 Å². The Balaban J connectivity index is 1.75. The number of anilines is 1. The topological polar surface area (TPSA) is 101 Å². The minimum absolute atomic E-state index is 0.232. The molecule has 2 N–H and O–H groups in total. The van der Waals surface area contributed by atoms with Crippen LogP contribution in [-0.2, 0) is 22.4 Å². The fourth-order valence-corrected chi connectivity index (χ4v) is 3.69. The van der Waals surface area contributed by atoms with E-state index in [2.05, 4.69) is 0 Å². The largest absolute Gasteiger partial charge is 0.497 e. The molecule has 1 unspecified atom stereocenters. The lowest BCUT2D eigenvalue weighted by Gasteiger charge is -2.12. The molecule has 0 aliphatic heterocycles. The maximum absolute atomic E-state index is 13.0. The number of esters is 1. The van der Waals surface area contributed by atoms with Crippen molar-refractivity contribution in [3.8, 4) is 5.75 Å². The van der Waals surface area contributed by atoms with Gasteiger partial charge < -0.3 is 24.5 Å². The van der Waals surface area contributed by atoms with Gasteiger partial charge in [-0.3, -0.25) is 0 Å². The average molecular weight is 434 g/mol. The molecule has 8 nitrogen and oxygen atoms in total. The van der Waals surface area contributed by atoms with E-state index in [1.807, 2.05) is 53.1 Å². The number of nitrogens with zero attached hydrogens (tertiary/aromatic N) is 3. The van der Waals surface area contributed by atoms with E-state index in [1.165, 1.54) is 0 Å². The third-order valence-corrected chi connectivity index (χ3v) is 5.29. The Hall–Kier alpha value is -3.65. The van der Waals surface area contributed by atoms with Crippen LogP contribution in [0.2, 0.25) is 0 Å². The molecule has 0 spiro atoms. The molecular weight excluding hydrogens is 408 g/mol. The second-order valence-corrected chi connectivity index (χ2v) is 7.57. The van der Waals surface area contributed by atoms with Crippen molar-refractivity contribution >= 4 is 34.0 Å². The van der Waals surface area contributed by atoms with Gasteiger partial charge in [-0.25, -0.2) is 14.8 Å². The fourth-order valence-electron chi connectivity index (χ4n) is 3.69. The Kier molecular flexibility index (Phi) is 6.23. The number of methoxy groups -OCH3 is 2. The number of hydrogen-bond acceptors (Lipinski definition) is 7. The monoisotopic (exact) mass is 434 g/mol. The highest BCUT2D eigenvalue weighted by atomic mass is 16.6. The van der Waals surface area contributed by atoms with E-state index in [4.69, 9.17) is 29.9 Å². The van der Waals surface area contributed by atoms with Crippen LogP contribution in [0.1, 0.15) is 22.8 Å². The second-order valence-electron chi connectivity index (χ2n) is 7.57. The first-order chi connectivity index (χ1) is 15.5. The molecule has 0 saturated carbocycles. The summed E-state index contributed by atoms with van der Waals surface area (Å²) in [5, 5.41) is 0. The Bertz CT molecular complexity index is 1250. The third kappa shape index (κ3) is 4.22. The highest BCUT2D eigenvalue weighted by molar-refractivity contribution is 6.08. The molecule has 1 atom stereocenters. The van der Waals surface area contributed by atoms with Crippen LogP contribution < -0.4 is 10.5 Å². The predicted molar refractivity (Wildman–Crippen MR) is 123 cm³/mol. The Labute approximate surface area is 185 Å². The van der Waals surface area contributed by atoms with Gasteiger partial charge in [-0.1, -0.05) is 24.3 Å². The van der Waals surface area contributed by atoms with Gasteiger partial charge >= 0.3 is 5.97 Å². The number of carbonyl (C=O) groups excluding carboxylic acids is 1. The van der Waals surface area contributed by atoms with E-state index >= 15 is 0 Å². The zero-order valence-electron chi connectivity index (χ0n) is 18.4. The van der Waals surface area contributed by atoms with E-state index in [1.54, 1.807) is 21.1 Å². The number of aryl methyl sites for hydroxylation is 2. The van der Waals surface area contributed by atoms with E-state index in [-0.39, 0.29) is 12.2 Å². The standard InChI is InChI=1S/C24H26N4O4/c1-15(14-30-2)32-24(29)20-21-23(27-19-7-5-4-6-18(19)26-21)28(22(20)25)13-12-16-8-10-17(31-3)11-9-16/h4-11,15H,12-14,25H2,1-3H3. The number of aromatic nitrogens is 3. The molecule has 0 amide bonds. The van der Waals surface area contributed by atoms with Crippen molar-refractivity contribution < 1.29 is 19.0 Å². The molecule has 2 heterocycles. The summed E-state index contributed by atoms with van der Waals surface area (Å²) in [6, 6.07) is 15.4. The average Bonchev–Trinajstić information content (AvgIpc) is 3.06. The summed E-state index contributed by atoms with van der Waals surface area (Å²) in [5.41, 5.74) is 10.2. The van der Waals surface area contributed by atoms with Gasteiger partial charge in [-0.15, -0.1) is 0 Å². The van der Waals surface area contributed by atoms with Gasteiger partial charge in [-0.05, 0) is 43.2 Å². The molecule has 2 aromatic carbocycles. The lowest BCUT2D eigenvalue weighted by molar-refractivity contribution is 0.0123. The van der Waals surface area contributed by atoms with Crippen molar-refractivity contribution in [1.29, 1.82) is 0 Å². The lowest BCUT2D eigenvalue weighted by atomic mass is 10.1. The molecule has 32 heavy (non-hydrogen) atoms. The quantitative estimate of drug-likeness (QED) is 0.423. The molecule has 4 rings (SSSR count). The molecule has 0 aliphatic rings. The molecular formula is C24H26N4O4. The van der Waals surface area contributed by atoms with Crippen molar-refractivity contribution in [3.63, 3.8) is 0 Å². The summed E-state index contributed by atoms with van der Waals surface area (Å²) in [6.45, 7) is 2.58. The normalized spacial score (nSPS) is 12.2. The van der Waals surface area contributed by atoms with E-state index in [0.717, 1.165) is 16.8 Å². The van der Waals surface area contributed by atoms with Crippen LogP contribution in [0.3, 0.4) is 0 Å². The second kappa shape index (κ2) is 9.23. The Morgan fingerprint density at radius 3 is 2.41 bits per heavy atom. The predicted octanol–water partition coefficient (Wildman–Crippen LogP) is 3.61. The van der Waals surface area contributed by atoms with Crippen LogP contribution in [0, 0.1) is 0 Å². The summed E-state index contributed by atoms with van der Waals surface area (Å²) in [6.07, 6.45) is 0.277. The number of hydrogen-bond donors (Lipinski definition) is 1. The maximum atomic E-state index is 13.0. The molecule has 0 bridgehead atoms. The number of ether oxygens (including phenoxy) is 3. The van der Waals surface area contributed by atoms with Gasteiger partial charge in [-0.2, -0.15) is 0 Å². The van der Waals surface area contributed by atoms with Crippen molar-refractivity contribution in [1.82, 2.24) is 14.5 Å². The van der Waals surface area contributed by atoms with E-state index in [0.29, 0.717) is 35.5 Å². The van der Waals surface area contributed by atoms with Crippen LogP contribution >= 0.6 is 0 Å². The molecule has 0 aliphatic carbocycles. The zero-order valence-corrected chi connectivity index (χ0v) is 18.4. The zero-order chi connectivity index (χ0) is 22.7. The lowest BCUT2D eigenvalue weighted by Crippen LogP contribution is -2.20. The van der Waals surface area contributed by atoms with Gasteiger partial charge in [0.25, 0.3) is 0 Å². The summed E-state index contributed by atoms with van der Waals surface area (Å²) in [7, 11) is 3.19. The van der Waals surface area contributed by atoms with Crippen molar-refractivity contribution in [3.05, 3.63) is 59.7 Å². The number of carbonyl (C=O) groups is 1. The number of nitrogen functional groups attached to an aromatic ring is 1. The van der Waals surface area contributed by atoms with Crippen molar-refractivity contribution in [2.24, 2.45) is 0 Å². The first-order valence-electron chi connectivity index (χ1n) is 10.4. The number of rotatable bonds is 8. The Morgan fingerprint density at radius 1 is 1.06 bits per heavy atom. The van der Waals surface area contributed by atoms with Crippen molar-refractivity contribution in [2.75, 3.05) is 26.6 Å². The van der Waals surface area contributed by atoms with Gasteiger partial charge in [0.05, 0.1) is 24.8 Å². The highest BCUT2D eigenvalue weighted by Crippen LogP contribution is 2.29. The summed E-state index contributed by atoms with van der Waals surface area (Å²) < 4.78 is 17.7. The van der Waals surface area contributed by atoms with E-state index in [9.17, 15) is 4.79 Å². The van der Waals surface area contributed by atoms with Crippen LogP contribution in [0.5, 0.6) is 5.75 Å². The van der Waals surface area contributed by atoms with Gasteiger partial charge in [0.2, 0.25) is 0 Å². The van der Waals surface area contributed by atoms with Gasteiger partial charge in [0.15, 0.2) is 5.65 Å². The number of nitrogens with two attached hydrogens (primary N) is 1. The van der Waals surface area contributed by atoms with E-state index < -0.39 is 12.1 Å². The number of para-hydroxylation sites is 2. The minimum atomic E-state index is -0.537. The third-order valence-electron chi connectivity index (χ3n) is 5.29. The molecule has 4 aromatic rings. The SMILES string of the molecule is COCC(C)OC(=O)c1c(N)n(CCc2ccc(OC)cc2)c2nc3ccccc3nc12. The van der Waals surface area contributed by atoms with Crippen LogP contribution in [-0.4, -0.2) is 47.4 Å². The van der Waals surface area contributed by atoms with Crippen molar-refractivity contribution in [2.45, 2.75) is 26.0 Å².